The highest BCUT2D eigenvalue weighted by Crippen LogP contribution is 2.18. The third-order valence-electron chi connectivity index (χ3n) is 3.95. The van der Waals surface area contributed by atoms with Gasteiger partial charge < -0.3 is 20.6 Å². The number of hydrogen-bond donors (Lipinski definition) is 2. The fraction of sp³-hybridized carbons (Fsp3) is 0.278. The monoisotopic (exact) mass is 404 g/mol. The number of sulfone groups is 1. The smallest absolute Gasteiger partial charge is 0.261 e. The van der Waals surface area contributed by atoms with E-state index in [1.807, 2.05) is 30.3 Å². The number of aromatic nitrogens is 1. The van der Waals surface area contributed by atoms with Gasteiger partial charge in [0, 0.05) is 23.9 Å². The van der Waals surface area contributed by atoms with Crippen LogP contribution in [0.4, 0.5) is 0 Å². The fourth-order valence-electron chi connectivity index (χ4n) is 2.59. The Morgan fingerprint density at radius 3 is 2.68 bits per heavy atom. The number of carbonyl (C=O) groups is 1. The fourth-order valence-corrected chi connectivity index (χ4v) is 4.27. The Labute approximate surface area is 162 Å². The van der Waals surface area contributed by atoms with Crippen molar-refractivity contribution >= 4 is 21.6 Å². The van der Waals surface area contributed by atoms with Gasteiger partial charge in [0.15, 0.2) is 22.3 Å². The molecule has 0 saturated carbocycles. The molecule has 1 saturated heterocycles. The summed E-state index contributed by atoms with van der Waals surface area (Å²) in [6.07, 6.45) is 1.88. The minimum absolute atomic E-state index is 0.0484. The molecule has 1 aromatic carbocycles. The Morgan fingerprint density at radius 1 is 1.25 bits per heavy atom. The van der Waals surface area contributed by atoms with Gasteiger partial charge in [0.1, 0.15) is 5.75 Å². The van der Waals surface area contributed by atoms with Gasteiger partial charge in [0.25, 0.3) is 5.91 Å². The second kappa shape index (κ2) is 8.70. The van der Waals surface area contributed by atoms with E-state index in [1.165, 1.54) is 6.20 Å². The number of amidine groups is 1. The number of carbonyl (C=O) groups excluding carboxylic acids is 1. The Hall–Kier alpha value is -3.14. The van der Waals surface area contributed by atoms with E-state index >= 15 is 0 Å². The van der Waals surface area contributed by atoms with Gasteiger partial charge in [-0.05, 0) is 24.6 Å². The molecule has 1 aliphatic rings. The number of nitrogens with zero attached hydrogens (tertiary/aromatic N) is 2. The topological polar surface area (TPSA) is 133 Å². The van der Waals surface area contributed by atoms with Crippen molar-refractivity contribution in [1.82, 2.24) is 10.3 Å². The highest BCUT2D eigenvalue weighted by molar-refractivity contribution is 7.91. The summed E-state index contributed by atoms with van der Waals surface area (Å²) in [6, 6.07) is 12.1. The number of pyridine rings is 1. The van der Waals surface area contributed by atoms with E-state index in [0.717, 1.165) is 0 Å². The maximum absolute atomic E-state index is 11.8. The SMILES string of the molecule is N/C(=N/OCC(=O)NC1CCS(=O)(=O)C1)c1ccc(Oc2ccccc2)nc1. The number of rotatable bonds is 7. The molecule has 148 valence electrons. The van der Waals surface area contributed by atoms with E-state index in [1.54, 1.807) is 12.1 Å². The van der Waals surface area contributed by atoms with Crippen LogP contribution in [0.3, 0.4) is 0 Å². The van der Waals surface area contributed by atoms with Crippen molar-refractivity contribution in [2.24, 2.45) is 10.9 Å². The van der Waals surface area contributed by atoms with Crippen molar-refractivity contribution in [3.63, 3.8) is 0 Å². The zero-order valence-corrected chi connectivity index (χ0v) is 15.8. The molecule has 1 atom stereocenters. The minimum atomic E-state index is -3.05. The molecule has 2 aromatic rings. The lowest BCUT2D eigenvalue weighted by molar-refractivity contribution is -0.126. The number of benzene rings is 1. The summed E-state index contributed by atoms with van der Waals surface area (Å²) in [7, 11) is -3.05. The third-order valence-corrected chi connectivity index (χ3v) is 5.72. The summed E-state index contributed by atoms with van der Waals surface area (Å²) >= 11 is 0. The summed E-state index contributed by atoms with van der Waals surface area (Å²) in [5.74, 6) is 0.690. The van der Waals surface area contributed by atoms with Crippen LogP contribution in [0.5, 0.6) is 11.6 Å². The van der Waals surface area contributed by atoms with Gasteiger partial charge in [0.05, 0.1) is 11.5 Å². The highest BCUT2D eigenvalue weighted by Gasteiger charge is 2.28. The molecule has 1 aromatic heterocycles. The molecule has 9 nitrogen and oxygen atoms in total. The van der Waals surface area contributed by atoms with Crippen LogP contribution in [-0.4, -0.2) is 49.3 Å². The number of hydrogen-bond acceptors (Lipinski definition) is 7. The van der Waals surface area contributed by atoms with Crippen molar-refractivity contribution in [3.05, 3.63) is 54.2 Å². The number of nitrogens with two attached hydrogens (primary N) is 1. The van der Waals surface area contributed by atoms with Crippen LogP contribution in [-0.2, 0) is 19.5 Å². The lowest BCUT2D eigenvalue weighted by Crippen LogP contribution is -2.37. The third kappa shape index (κ3) is 5.68. The van der Waals surface area contributed by atoms with Crippen molar-refractivity contribution in [2.45, 2.75) is 12.5 Å². The quantitative estimate of drug-likeness (QED) is 0.396. The molecule has 3 N–H and O–H groups in total. The standard InChI is InChI=1S/C18H20N4O5S/c19-18(22-26-11-16(23)21-14-8-9-28(24,25)12-14)13-6-7-17(20-10-13)27-15-4-2-1-3-5-15/h1-7,10,14H,8-9,11-12H2,(H2,19,22)(H,21,23). The van der Waals surface area contributed by atoms with Gasteiger partial charge in [0.2, 0.25) is 5.88 Å². The van der Waals surface area contributed by atoms with Crippen molar-refractivity contribution in [1.29, 1.82) is 0 Å². The van der Waals surface area contributed by atoms with Crippen LogP contribution < -0.4 is 15.8 Å². The first kappa shape index (κ1) is 19.6. The van der Waals surface area contributed by atoms with Gasteiger partial charge in [-0.15, -0.1) is 0 Å². The summed E-state index contributed by atoms with van der Waals surface area (Å²) in [5.41, 5.74) is 6.32. The number of oxime groups is 1. The first-order valence-corrected chi connectivity index (χ1v) is 10.4. The van der Waals surface area contributed by atoms with Crippen LogP contribution in [0.2, 0.25) is 0 Å². The van der Waals surface area contributed by atoms with Crippen LogP contribution in [0.1, 0.15) is 12.0 Å². The van der Waals surface area contributed by atoms with Crippen LogP contribution >= 0.6 is 0 Å². The molecule has 1 unspecified atom stereocenters. The molecule has 3 rings (SSSR count). The number of ether oxygens (including phenoxy) is 1. The predicted octanol–water partition coefficient (Wildman–Crippen LogP) is 0.814. The van der Waals surface area contributed by atoms with Gasteiger partial charge in [-0.3, -0.25) is 4.79 Å². The van der Waals surface area contributed by atoms with Crippen molar-refractivity contribution in [3.8, 4) is 11.6 Å². The minimum Gasteiger partial charge on any atom is -0.439 e. The van der Waals surface area contributed by atoms with E-state index < -0.39 is 15.7 Å². The van der Waals surface area contributed by atoms with Crippen molar-refractivity contribution in [2.75, 3.05) is 18.1 Å². The molecular weight excluding hydrogens is 384 g/mol. The largest absolute Gasteiger partial charge is 0.439 e. The lowest BCUT2D eigenvalue weighted by Gasteiger charge is -2.10. The molecule has 1 fully saturated rings. The van der Waals surface area contributed by atoms with Crippen molar-refractivity contribution < 1.29 is 22.8 Å². The molecule has 0 spiro atoms. The maximum Gasteiger partial charge on any atom is 0.261 e. The summed E-state index contributed by atoms with van der Waals surface area (Å²) in [5, 5.41) is 6.28. The molecular formula is C18H20N4O5S. The van der Waals surface area contributed by atoms with E-state index in [9.17, 15) is 13.2 Å². The zero-order valence-electron chi connectivity index (χ0n) is 14.9. The molecule has 28 heavy (non-hydrogen) atoms. The normalized spacial score (nSPS) is 18.4. The Morgan fingerprint density at radius 2 is 2.04 bits per heavy atom. The van der Waals surface area contributed by atoms with Gasteiger partial charge >= 0.3 is 0 Å². The van der Waals surface area contributed by atoms with E-state index in [0.29, 0.717) is 23.6 Å². The van der Waals surface area contributed by atoms with E-state index in [-0.39, 0.29) is 30.0 Å². The highest BCUT2D eigenvalue weighted by atomic mass is 32.2. The Balaban J connectivity index is 1.47. The lowest BCUT2D eigenvalue weighted by atomic mass is 10.2. The summed E-state index contributed by atoms with van der Waals surface area (Å²) < 4.78 is 28.3. The van der Waals surface area contributed by atoms with Crippen LogP contribution in [0.15, 0.2) is 53.8 Å². The van der Waals surface area contributed by atoms with E-state index in [4.69, 9.17) is 15.3 Å². The summed E-state index contributed by atoms with van der Waals surface area (Å²) in [6.45, 7) is -0.361. The Bertz CT molecular complexity index is 946. The number of para-hydroxylation sites is 1. The average Bonchev–Trinajstić information content (AvgIpc) is 3.01. The number of nitrogens with one attached hydrogen (secondary N) is 1. The van der Waals surface area contributed by atoms with Gasteiger partial charge in [-0.1, -0.05) is 23.4 Å². The molecule has 0 aliphatic carbocycles. The van der Waals surface area contributed by atoms with E-state index in [2.05, 4.69) is 15.5 Å². The molecule has 1 amide bonds. The van der Waals surface area contributed by atoms with Gasteiger partial charge in [-0.25, -0.2) is 13.4 Å². The second-order valence-electron chi connectivity index (χ2n) is 6.22. The first-order chi connectivity index (χ1) is 13.4. The predicted molar refractivity (Wildman–Crippen MR) is 103 cm³/mol. The van der Waals surface area contributed by atoms with Gasteiger partial charge in [-0.2, -0.15) is 0 Å². The molecule has 1 aliphatic heterocycles. The van der Waals surface area contributed by atoms with Crippen LogP contribution in [0.25, 0.3) is 0 Å². The van der Waals surface area contributed by atoms with Crippen LogP contribution in [0, 0.1) is 0 Å². The Kier molecular flexibility index (Phi) is 6.09. The molecule has 10 heteroatoms. The zero-order chi connectivity index (χ0) is 20.0. The molecule has 0 bridgehead atoms. The molecule has 0 radical (unpaired) electrons. The average molecular weight is 404 g/mol. The first-order valence-electron chi connectivity index (χ1n) is 8.56. The molecule has 2 heterocycles. The summed E-state index contributed by atoms with van der Waals surface area (Å²) in [4.78, 5) is 20.9. The number of amides is 1. The maximum atomic E-state index is 11.8. The second-order valence-corrected chi connectivity index (χ2v) is 8.45.